The monoisotopic (exact) mass is 528 g/mol. The molecule has 0 bridgehead atoms. The molecule has 178 valence electrons. The van der Waals surface area contributed by atoms with Crippen LogP contribution in [0.5, 0.6) is 0 Å². The van der Waals surface area contributed by atoms with Gasteiger partial charge in [0.15, 0.2) is 0 Å². The molecule has 34 heavy (non-hydrogen) atoms. The first-order chi connectivity index (χ1) is 16.5. The molecule has 2 aromatic heterocycles. The van der Waals surface area contributed by atoms with Gasteiger partial charge in [0.1, 0.15) is 10.0 Å². The van der Waals surface area contributed by atoms with Gasteiger partial charge in [0.05, 0.1) is 23.6 Å². The minimum atomic E-state index is -0.758. The molecule has 0 aliphatic rings. The molecule has 0 unspecified atom stereocenters. The molecule has 2 atom stereocenters. The normalized spacial score (nSPS) is 13.2. The average Bonchev–Trinajstić information content (AvgIpc) is 3.50. The first kappa shape index (κ1) is 25.4. The molecule has 8 heteroatoms. The van der Waals surface area contributed by atoms with Gasteiger partial charge in [0, 0.05) is 44.9 Å². The van der Waals surface area contributed by atoms with Gasteiger partial charge in [-0.05, 0) is 13.8 Å². The predicted molar refractivity (Wildman–Crippen MR) is 149 cm³/mol. The van der Waals surface area contributed by atoms with E-state index in [2.05, 4.69) is 73.1 Å². The van der Waals surface area contributed by atoms with Crippen LogP contribution in [-0.2, 0) is 11.5 Å². The summed E-state index contributed by atoms with van der Waals surface area (Å²) in [7, 11) is 0. The lowest BCUT2D eigenvalue weighted by Gasteiger charge is -2.16. The molecule has 0 aliphatic carbocycles. The minimum Gasteiger partial charge on any atom is -0.390 e. The van der Waals surface area contributed by atoms with Gasteiger partial charge >= 0.3 is 0 Å². The predicted octanol–water partition coefficient (Wildman–Crippen LogP) is 6.44. The zero-order chi connectivity index (χ0) is 23.9. The van der Waals surface area contributed by atoms with Gasteiger partial charge < -0.3 is 10.2 Å². The van der Waals surface area contributed by atoms with Crippen molar-refractivity contribution in [3.8, 4) is 21.1 Å². The van der Waals surface area contributed by atoms with Crippen LogP contribution in [0.1, 0.15) is 22.5 Å². The molecule has 0 amide bonds. The quantitative estimate of drug-likeness (QED) is 0.234. The van der Waals surface area contributed by atoms with Crippen molar-refractivity contribution >= 4 is 46.2 Å². The Morgan fingerprint density at radius 1 is 0.676 bits per heavy atom. The van der Waals surface area contributed by atoms with Gasteiger partial charge in [0.2, 0.25) is 0 Å². The van der Waals surface area contributed by atoms with Crippen LogP contribution in [0.3, 0.4) is 0 Å². The van der Waals surface area contributed by atoms with E-state index in [1.165, 1.54) is 11.1 Å². The Hall–Kier alpha value is -1.68. The van der Waals surface area contributed by atoms with E-state index in [-0.39, 0.29) is 0 Å². The summed E-state index contributed by atoms with van der Waals surface area (Å²) in [4.78, 5) is 9.41. The maximum absolute atomic E-state index is 10.4. The fourth-order valence-electron chi connectivity index (χ4n) is 3.19. The molecule has 0 spiro atoms. The third-order valence-corrected chi connectivity index (χ3v) is 9.26. The number of nitrogens with zero attached hydrogens (tertiary/aromatic N) is 2. The summed E-state index contributed by atoms with van der Waals surface area (Å²) < 4.78 is 0. The van der Waals surface area contributed by atoms with Crippen LogP contribution in [0, 0.1) is 13.8 Å². The standard InChI is InChI=1S/C26H28N2O2S4/c1-17-3-7-19(8-4-17)25-27-21(13-33-25)11-31-15-23(29)24(30)16-32-12-22-14-34-26(28-22)20-9-5-18(2)6-10-20/h3-10,13-14,23-24,29-30H,11-12,15-16H2,1-2H3/t23-,24+. The first-order valence-corrected chi connectivity index (χ1v) is 15.1. The molecule has 4 aromatic rings. The van der Waals surface area contributed by atoms with Gasteiger partial charge in [-0.1, -0.05) is 59.7 Å². The number of aliphatic hydroxyl groups excluding tert-OH is 2. The summed E-state index contributed by atoms with van der Waals surface area (Å²) in [6.07, 6.45) is -1.52. The third-order valence-electron chi connectivity index (χ3n) is 5.22. The van der Waals surface area contributed by atoms with Crippen LogP contribution in [0.15, 0.2) is 59.3 Å². The summed E-state index contributed by atoms with van der Waals surface area (Å²) in [6, 6.07) is 16.8. The van der Waals surface area contributed by atoms with E-state index in [0.29, 0.717) is 11.5 Å². The van der Waals surface area contributed by atoms with Crippen molar-refractivity contribution in [2.75, 3.05) is 11.5 Å². The van der Waals surface area contributed by atoms with Gasteiger partial charge in [-0.3, -0.25) is 0 Å². The Balaban J connectivity index is 1.17. The molecule has 4 nitrogen and oxygen atoms in total. The SMILES string of the molecule is Cc1ccc(-c2nc(CSC[C@@H](O)[C@@H](O)CSCc3csc(-c4ccc(C)cc4)n3)cs2)cc1. The zero-order valence-corrected chi connectivity index (χ0v) is 22.4. The van der Waals surface area contributed by atoms with Crippen LogP contribution in [-0.4, -0.2) is 43.9 Å². The smallest absolute Gasteiger partial charge is 0.123 e. The number of hydrogen-bond acceptors (Lipinski definition) is 8. The highest BCUT2D eigenvalue weighted by atomic mass is 32.2. The van der Waals surface area contributed by atoms with Crippen molar-refractivity contribution in [3.63, 3.8) is 0 Å². The fraction of sp³-hybridized carbons (Fsp3) is 0.308. The number of thiazole rings is 2. The summed E-state index contributed by atoms with van der Waals surface area (Å²) in [5.74, 6) is 2.40. The van der Waals surface area contributed by atoms with Crippen molar-refractivity contribution in [3.05, 3.63) is 81.8 Å². The molecule has 0 radical (unpaired) electrons. The Morgan fingerprint density at radius 3 is 1.44 bits per heavy atom. The van der Waals surface area contributed by atoms with E-state index in [1.54, 1.807) is 46.2 Å². The van der Waals surface area contributed by atoms with Crippen LogP contribution in [0.2, 0.25) is 0 Å². The molecule has 4 rings (SSSR count). The van der Waals surface area contributed by atoms with Gasteiger partial charge in [0.25, 0.3) is 0 Å². The summed E-state index contributed by atoms with van der Waals surface area (Å²) in [5, 5.41) is 26.9. The lowest BCUT2D eigenvalue weighted by Crippen LogP contribution is -2.30. The van der Waals surface area contributed by atoms with Crippen molar-refractivity contribution in [1.82, 2.24) is 9.97 Å². The lowest BCUT2D eigenvalue weighted by molar-refractivity contribution is 0.0499. The van der Waals surface area contributed by atoms with Crippen LogP contribution in [0.25, 0.3) is 21.1 Å². The van der Waals surface area contributed by atoms with E-state index >= 15 is 0 Å². The molecule has 0 aliphatic heterocycles. The number of aromatic nitrogens is 2. The van der Waals surface area contributed by atoms with Gasteiger partial charge in [-0.25, -0.2) is 9.97 Å². The lowest BCUT2D eigenvalue weighted by atomic mass is 10.2. The van der Waals surface area contributed by atoms with Gasteiger partial charge in [-0.15, -0.1) is 22.7 Å². The molecular weight excluding hydrogens is 501 g/mol. The van der Waals surface area contributed by atoms with Crippen molar-refractivity contribution < 1.29 is 10.2 Å². The Bertz CT molecular complexity index is 1080. The van der Waals surface area contributed by atoms with E-state index in [1.807, 2.05) is 0 Å². The minimum absolute atomic E-state index is 0.480. The topological polar surface area (TPSA) is 66.2 Å². The highest BCUT2D eigenvalue weighted by molar-refractivity contribution is 7.98. The molecule has 2 N–H and O–H groups in total. The fourth-order valence-corrected chi connectivity index (χ4v) is 6.93. The number of hydrogen-bond donors (Lipinski definition) is 2. The summed E-state index contributed by atoms with van der Waals surface area (Å²) in [5.41, 5.74) is 6.75. The molecule has 2 heterocycles. The average molecular weight is 529 g/mol. The van der Waals surface area contributed by atoms with Crippen LogP contribution >= 0.6 is 46.2 Å². The van der Waals surface area contributed by atoms with E-state index < -0.39 is 12.2 Å². The molecule has 2 aromatic carbocycles. The highest BCUT2D eigenvalue weighted by Crippen LogP contribution is 2.27. The van der Waals surface area contributed by atoms with Gasteiger partial charge in [-0.2, -0.15) is 23.5 Å². The summed E-state index contributed by atoms with van der Waals surface area (Å²) >= 11 is 6.48. The largest absolute Gasteiger partial charge is 0.390 e. The molecule has 0 saturated heterocycles. The second-order valence-corrected chi connectivity index (χ2v) is 12.0. The van der Waals surface area contributed by atoms with E-state index in [0.717, 1.165) is 44.0 Å². The highest BCUT2D eigenvalue weighted by Gasteiger charge is 2.17. The Morgan fingerprint density at radius 2 is 1.06 bits per heavy atom. The number of rotatable bonds is 11. The maximum atomic E-state index is 10.4. The number of thioether (sulfide) groups is 2. The van der Waals surface area contributed by atoms with Crippen molar-refractivity contribution in [2.45, 2.75) is 37.6 Å². The maximum Gasteiger partial charge on any atom is 0.123 e. The van der Waals surface area contributed by atoms with Crippen LogP contribution < -0.4 is 0 Å². The zero-order valence-electron chi connectivity index (χ0n) is 19.2. The summed E-state index contributed by atoms with van der Waals surface area (Å²) in [6.45, 7) is 4.15. The third kappa shape index (κ3) is 7.16. The van der Waals surface area contributed by atoms with Crippen molar-refractivity contribution in [1.29, 1.82) is 0 Å². The number of aliphatic hydroxyl groups is 2. The molecule has 0 saturated carbocycles. The number of aryl methyl sites for hydroxylation is 2. The Labute approximate surface area is 217 Å². The first-order valence-electron chi connectivity index (χ1n) is 11.0. The molecule has 0 fully saturated rings. The second-order valence-electron chi connectivity index (χ2n) is 8.18. The number of benzene rings is 2. The van der Waals surface area contributed by atoms with Crippen LogP contribution in [0.4, 0.5) is 0 Å². The molecular formula is C26H28N2O2S4. The van der Waals surface area contributed by atoms with Crippen molar-refractivity contribution in [2.24, 2.45) is 0 Å². The Kier molecular flexibility index (Phi) is 9.22. The van der Waals surface area contributed by atoms with E-state index in [9.17, 15) is 10.2 Å². The van der Waals surface area contributed by atoms with E-state index in [4.69, 9.17) is 9.97 Å². The second kappa shape index (κ2) is 12.3.